The molecular formula is C27H39N3O3S. The molecule has 0 aliphatic carbocycles. The Morgan fingerprint density at radius 1 is 1.26 bits per heavy atom. The monoisotopic (exact) mass is 485 g/mol. The molecule has 186 valence electrons. The van der Waals surface area contributed by atoms with Gasteiger partial charge in [-0.3, -0.25) is 4.79 Å². The van der Waals surface area contributed by atoms with Gasteiger partial charge in [0.05, 0.1) is 6.04 Å². The number of nitrogens with one attached hydrogen (secondary N) is 1. The number of hydrogen-bond donors (Lipinski definition) is 1. The van der Waals surface area contributed by atoms with E-state index in [0.29, 0.717) is 32.2 Å². The first-order chi connectivity index (χ1) is 16.3. The molecule has 2 heterocycles. The van der Waals surface area contributed by atoms with E-state index < -0.39 is 0 Å². The summed E-state index contributed by atoms with van der Waals surface area (Å²) in [7, 11) is 0. The molecule has 34 heavy (non-hydrogen) atoms. The van der Waals surface area contributed by atoms with Crippen LogP contribution in [0.15, 0.2) is 29.6 Å². The lowest BCUT2D eigenvalue weighted by Gasteiger charge is -2.37. The number of fused-ring (bicyclic) bond motifs is 1. The molecule has 0 fully saturated rings. The summed E-state index contributed by atoms with van der Waals surface area (Å²) in [6.07, 6.45) is 2.66. The Morgan fingerprint density at radius 2 is 2.06 bits per heavy atom. The Labute approximate surface area is 208 Å². The Morgan fingerprint density at radius 3 is 2.76 bits per heavy atom. The molecule has 1 aliphatic heterocycles. The molecule has 1 aliphatic rings. The zero-order chi connectivity index (χ0) is 24.7. The lowest BCUT2D eigenvalue weighted by atomic mass is 10.00. The lowest BCUT2D eigenvalue weighted by Crippen LogP contribution is -2.50. The van der Waals surface area contributed by atoms with Gasteiger partial charge in [0.25, 0.3) is 0 Å². The van der Waals surface area contributed by atoms with Crippen molar-refractivity contribution in [1.82, 2.24) is 15.1 Å². The summed E-state index contributed by atoms with van der Waals surface area (Å²) in [5.41, 5.74) is 3.45. The molecule has 2 atom stereocenters. The number of carbonyl (C=O) groups excluding carboxylic acids is 2. The summed E-state index contributed by atoms with van der Waals surface area (Å²) >= 11 is 1.74. The minimum Gasteiger partial charge on any atom is -0.491 e. The molecule has 0 bridgehead atoms. The van der Waals surface area contributed by atoms with E-state index in [0.717, 1.165) is 30.6 Å². The zero-order valence-corrected chi connectivity index (χ0v) is 22.0. The molecule has 0 saturated carbocycles. The van der Waals surface area contributed by atoms with E-state index in [1.54, 1.807) is 16.2 Å². The molecule has 0 spiro atoms. The van der Waals surface area contributed by atoms with Crippen LogP contribution >= 0.6 is 11.3 Å². The normalized spacial score (nSPS) is 16.0. The van der Waals surface area contributed by atoms with Gasteiger partial charge in [-0.25, -0.2) is 4.79 Å². The number of nitrogens with zero attached hydrogens (tertiary/aromatic N) is 2. The topological polar surface area (TPSA) is 61.9 Å². The van der Waals surface area contributed by atoms with Gasteiger partial charge >= 0.3 is 6.03 Å². The van der Waals surface area contributed by atoms with Crippen LogP contribution in [0, 0.1) is 19.8 Å². The van der Waals surface area contributed by atoms with Gasteiger partial charge in [0.2, 0.25) is 5.91 Å². The Hall–Kier alpha value is -2.54. The second-order valence-corrected chi connectivity index (χ2v) is 10.4. The predicted molar refractivity (Wildman–Crippen MR) is 139 cm³/mol. The molecule has 3 amide bonds. The molecule has 2 aromatic rings. The standard InChI is InChI=1S/C27H39N3O3S/c1-6-12-28-27(32)29(16-19(3)7-2)17-26(31)30-13-10-25-22(11-14-34-25)23(30)18-33-24-9-8-20(4)15-21(24)5/h8-9,11,14-15,19,23H,6-7,10,12-13,16-18H2,1-5H3,(H,28,32)/t19-,23+/m1/s1. The molecule has 1 aromatic carbocycles. The maximum absolute atomic E-state index is 13.6. The van der Waals surface area contributed by atoms with Gasteiger partial charge in [0.1, 0.15) is 18.9 Å². The number of aryl methyl sites for hydroxylation is 2. The van der Waals surface area contributed by atoms with Crippen LogP contribution in [0.25, 0.3) is 0 Å². The number of rotatable bonds is 10. The summed E-state index contributed by atoms with van der Waals surface area (Å²) in [6.45, 7) is 12.7. The number of urea groups is 1. The molecule has 1 N–H and O–H groups in total. The highest BCUT2D eigenvalue weighted by molar-refractivity contribution is 7.10. The highest BCUT2D eigenvalue weighted by Gasteiger charge is 2.33. The minimum absolute atomic E-state index is 0.0268. The number of thiophene rings is 1. The molecule has 6 nitrogen and oxygen atoms in total. The SMILES string of the molecule is CCCNC(=O)N(CC(=O)N1CCc2sccc2[C@@H]1COc1ccc(C)cc1C)C[C@H](C)CC. The summed E-state index contributed by atoms with van der Waals surface area (Å²) < 4.78 is 6.24. The first-order valence-corrected chi connectivity index (χ1v) is 13.3. The maximum atomic E-state index is 13.6. The number of ether oxygens (including phenoxy) is 1. The van der Waals surface area contributed by atoms with E-state index in [4.69, 9.17) is 4.74 Å². The number of amides is 3. The molecule has 1 aromatic heterocycles. The number of carbonyl (C=O) groups is 2. The first kappa shape index (κ1) is 26.1. The van der Waals surface area contributed by atoms with Crippen molar-refractivity contribution in [2.45, 2.75) is 59.9 Å². The van der Waals surface area contributed by atoms with Crippen LogP contribution in [-0.4, -0.2) is 54.5 Å². The summed E-state index contributed by atoms with van der Waals surface area (Å²) in [6, 6.07) is 7.94. The fourth-order valence-corrected chi connectivity index (χ4v) is 5.26. The lowest BCUT2D eigenvalue weighted by molar-refractivity contribution is -0.135. The van der Waals surface area contributed by atoms with Crippen LogP contribution in [0.3, 0.4) is 0 Å². The van der Waals surface area contributed by atoms with Gasteiger partial charge in [0, 0.05) is 24.5 Å². The van der Waals surface area contributed by atoms with Crippen molar-refractivity contribution in [3.63, 3.8) is 0 Å². The average Bonchev–Trinajstić information content (AvgIpc) is 3.30. The molecule has 7 heteroatoms. The second-order valence-electron chi connectivity index (χ2n) is 9.36. The van der Waals surface area contributed by atoms with E-state index >= 15 is 0 Å². The van der Waals surface area contributed by atoms with Crippen LogP contribution < -0.4 is 10.1 Å². The minimum atomic E-state index is -0.160. The predicted octanol–water partition coefficient (Wildman–Crippen LogP) is 5.34. The third-order valence-corrected chi connectivity index (χ3v) is 7.51. The second kappa shape index (κ2) is 12.2. The van der Waals surface area contributed by atoms with Crippen LogP contribution in [0.2, 0.25) is 0 Å². The van der Waals surface area contributed by atoms with Gasteiger partial charge in [-0.05, 0) is 61.2 Å². The van der Waals surface area contributed by atoms with Crippen LogP contribution in [0.5, 0.6) is 5.75 Å². The van der Waals surface area contributed by atoms with E-state index in [1.807, 2.05) is 30.9 Å². The third kappa shape index (κ3) is 6.53. The highest BCUT2D eigenvalue weighted by Crippen LogP contribution is 2.34. The maximum Gasteiger partial charge on any atom is 0.317 e. The third-order valence-electron chi connectivity index (χ3n) is 6.51. The molecule has 0 saturated heterocycles. The molecule has 0 unspecified atom stereocenters. The van der Waals surface area contributed by atoms with E-state index in [-0.39, 0.29) is 24.5 Å². The van der Waals surface area contributed by atoms with E-state index in [9.17, 15) is 9.59 Å². The van der Waals surface area contributed by atoms with Gasteiger partial charge in [-0.1, -0.05) is 44.9 Å². The number of benzene rings is 1. The van der Waals surface area contributed by atoms with Crippen molar-refractivity contribution in [3.05, 3.63) is 51.2 Å². The largest absolute Gasteiger partial charge is 0.491 e. The van der Waals surface area contributed by atoms with Crippen LogP contribution in [0.1, 0.15) is 61.2 Å². The van der Waals surface area contributed by atoms with Crippen molar-refractivity contribution < 1.29 is 14.3 Å². The zero-order valence-electron chi connectivity index (χ0n) is 21.2. The van der Waals surface area contributed by atoms with E-state index in [2.05, 4.69) is 43.6 Å². The van der Waals surface area contributed by atoms with Crippen molar-refractivity contribution in [3.8, 4) is 5.75 Å². The van der Waals surface area contributed by atoms with Crippen molar-refractivity contribution >= 4 is 23.3 Å². The van der Waals surface area contributed by atoms with Crippen molar-refractivity contribution in [1.29, 1.82) is 0 Å². The van der Waals surface area contributed by atoms with Crippen molar-refractivity contribution in [2.24, 2.45) is 5.92 Å². The van der Waals surface area contributed by atoms with Gasteiger partial charge in [-0.15, -0.1) is 11.3 Å². The first-order valence-electron chi connectivity index (χ1n) is 12.4. The number of hydrogen-bond acceptors (Lipinski definition) is 4. The van der Waals surface area contributed by atoms with Crippen LogP contribution in [-0.2, 0) is 11.2 Å². The van der Waals surface area contributed by atoms with E-state index in [1.165, 1.54) is 16.0 Å². The van der Waals surface area contributed by atoms with Gasteiger partial charge < -0.3 is 19.9 Å². The van der Waals surface area contributed by atoms with Crippen LogP contribution in [0.4, 0.5) is 4.79 Å². The smallest absolute Gasteiger partial charge is 0.317 e. The Balaban J connectivity index is 1.77. The molecule has 0 radical (unpaired) electrons. The van der Waals surface area contributed by atoms with Crippen molar-refractivity contribution in [2.75, 3.05) is 32.8 Å². The quantitative estimate of drug-likeness (QED) is 0.494. The Bertz CT molecular complexity index is 974. The molecular weight excluding hydrogens is 446 g/mol. The fourth-order valence-electron chi connectivity index (χ4n) is 4.33. The Kier molecular flexibility index (Phi) is 9.39. The summed E-state index contributed by atoms with van der Waals surface area (Å²) in [5.74, 6) is 1.15. The highest BCUT2D eigenvalue weighted by atomic mass is 32.1. The average molecular weight is 486 g/mol. The van der Waals surface area contributed by atoms with Gasteiger partial charge in [-0.2, -0.15) is 0 Å². The van der Waals surface area contributed by atoms with Gasteiger partial charge in [0.15, 0.2) is 0 Å². The summed E-state index contributed by atoms with van der Waals surface area (Å²) in [5, 5.41) is 5.04. The fraction of sp³-hybridized carbons (Fsp3) is 0.556. The molecule has 3 rings (SSSR count). The summed E-state index contributed by atoms with van der Waals surface area (Å²) in [4.78, 5) is 31.3.